The van der Waals surface area contributed by atoms with Gasteiger partial charge in [-0.15, -0.1) is 0 Å². The number of nitrogens with one attached hydrogen (secondary N) is 1. The molecule has 0 rings (SSSR count). The predicted octanol–water partition coefficient (Wildman–Crippen LogP) is 11.9. The third-order valence-electron chi connectivity index (χ3n) is 9.42. The molecular weight excluding hydrogens is 634 g/mol. The summed E-state index contributed by atoms with van der Waals surface area (Å²) in [7, 11) is 0. The Bertz CT molecular complexity index is 895. The Morgan fingerprint density at radius 3 is 1.59 bits per heavy atom. The van der Waals surface area contributed by atoms with E-state index in [4.69, 9.17) is 4.74 Å². The van der Waals surface area contributed by atoms with Gasteiger partial charge in [0.15, 0.2) is 0 Å². The molecule has 51 heavy (non-hydrogen) atoms. The maximum Gasteiger partial charge on any atom is 0.306 e. The van der Waals surface area contributed by atoms with Crippen molar-refractivity contribution in [2.75, 3.05) is 6.61 Å². The maximum absolute atomic E-state index is 13.0. The number of rotatable bonds is 37. The second-order valence-corrected chi connectivity index (χ2v) is 14.4. The van der Waals surface area contributed by atoms with Crippen LogP contribution < -0.4 is 5.32 Å². The molecule has 0 aliphatic carbocycles. The number of allylic oxidation sites excluding steroid dienone is 8. The molecule has 0 aliphatic heterocycles. The number of carbonyl (C=O) groups is 2. The Balaban J connectivity index is 4.52. The zero-order chi connectivity index (χ0) is 37.5. The van der Waals surface area contributed by atoms with Gasteiger partial charge in [0.1, 0.15) is 6.10 Å². The minimum Gasteiger partial charge on any atom is -0.462 e. The van der Waals surface area contributed by atoms with Crippen LogP contribution in [0.3, 0.4) is 0 Å². The molecule has 0 spiro atoms. The third kappa shape index (κ3) is 34.7. The van der Waals surface area contributed by atoms with Gasteiger partial charge in [-0.25, -0.2) is 0 Å². The molecule has 0 heterocycles. The second-order valence-electron chi connectivity index (χ2n) is 14.4. The van der Waals surface area contributed by atoms with E-state index in [-0.39, 0.29) is 24.9 Å². The minimum atomic E-state index is -0.788. The molecule has 0 saturated heterocycles. The van der Waals surface area contributed by atoms with Gasteiger partial charge in [0.2, 0.25) is 5.91 Å². The number of aliphatic hydroxyl groups is 2. The average molecular weight is 716 g/mol. The molecule has 6 heteroatoms. The Hall–Kier alpha value is -2.18. The van der Waals surface area contributed by atoms with E-state index in [0.717, 1.165) is 89.9 Å². The lowest BCUT2D eigenvalue weighted by atomic mass is 10.0. The van der Waals surface area contributed by atoms with Crippen molar-refractivity contribution >= 4 is 11.9 Å². The van der Waals surface area contributed by atoms with E-state index in [1.165, 1.54) is 64.2 Å². The third-order valence-corrected chi connectivity index (χ3v) is 9.42. The number of hydrogen-bond donors (Lipinski definition) is 3. The fourth-order valence-corrected chi connectivity index (χ4v) is 6.18. The maximum atomic E-state index is 13.0. The minimum absolute atomic E-state index is 0.0641. The fourth-order valence-electron chi connectivity index (χ4n) is 6.18. The molecule has 0 saturated carbocycles. The highest BCUT2D eigenvalue weighted by Gasteiger charge is 2.24. The van der Waals surface area contributed by atoms with Crippen LogP contribution in [0, 0.1) is 0 Å². The Labute approximate surface area is 315 Å². The van der Waals surface area contributed by atoms with Crippen LogP contribution in [0.5, 0.6) is 0 Å². The Morgan fingerprint density at radius 2 is 1.06 bits per heavy atom. The number of amides is 1. The van der Waals surface area contributed by atoms with Crippen molar-refractivity contribution in [1.29, 1.82) is 0 Å². The highest BCUT2D eigenvalue weighted by molar-refractivity contribution is 5.77. The Morgan fingerprint density at radius 1 is 0.588 bits per heavy atom. The molecule has 1 amide bonds. The van der Waals surface area contributed by atoms with Gasteiger partial charge in [-0.1, -0.05) is 172 Å². The van der Waals surface area contributed by atoms with Crippen LogP contribution in [-0.2, 0) is 14.3 Å². The van der Waals surface area contributed by atoms with Gasteiger partial charge in [0.25, 0.3) is 0 Å². The largest absolute Gasteiger partial charge is 0.462 e. The first kappa shape index (κ1) is 48.8. The Kier molecular flexibility index (Phi) is 37.4. The van der Waals surface area contributed by atoms with Crippen LogP contribution in [-0.4, -0.2) is 46.9 Å². The first-order chi connectivity index (χ1) is 25.0. The van der Waals surface area contributed by atoms with Gasteiger partial charge in [0, 0.05) is 6.42 Å². The molecule has 0 aromatic heterocycles. The normalized spacial score (nSPS) is 13.9. The molecule has 3 N–H and O–H groups in total. The van der Waals surface area contributed by atoms with Gasteiger partial charge < -0.3 is 20.3 Å². The number of carbonyl (C=O) groups excluding carboxylic acids is 2. The van der Waals surface area contributed by atoms with Crippen LogP contribution in [0.4, 0.5) is 0 Å². The average Bonchev–Trinajstić information content (AvgIpc) is 3.12. The summed E-state index contributed by atoms with van der Waals surface area (Å²) in [6.07, 6.45) is 44.7. The van der Waals surface area contributed by atoms with Gasteiger partial charge >= 0.3 is 5.97 Å². The zero-order valence-electron chi connectivity index (χ0n) is 33.5. The van der Waals surface area contributed by atoms with Gasteiger partial charge in [0.05, 0.1) is 25.2 Å². The number of hydrogen-bond acceptors (Lipinski definition) is 5. The molecule has 0 fully saturated rings. The lowest BCUT2D eigenvalue weighted by molar-refractivity contribution is -0.151. The summed E-state index contributed by atoms with van der Waals surface area (Å²) in [5, 5.41) is 23.5. The topological polar surface area (TPSA) is 95.9 Å². The fraction of sp³-hybridized carbons (Fsp3) is 0.778. The molecule has 3 atom stereocenters. The van der Waals surface area contributed by atoms with Crippen molar-refractivity contribution in [1.82, 2.24) is 5.32 Å². The lowest BCUT2D eigenvalue weighted by Crippen LogP contribution is -2.46. The molecular formula is C45H81NO5. The number of unbranched alkanes of at least 4 members (excludes halogenated alkanes) is 17. The van der Waals surface area contributed by atoms with Crippen molar-refractivity contribution in [3.8, 4) is 0 Å². The summed E-state index contributed by atoms with van der Waals surface area (Å²) >= 11 is 0. The summed E-state index contributed by atoms with van der Waals surface area (Å²) < 4.78 is 5.85. The standard InChI is InChI=1S/C45H81NO5/c1-4-7-10-13-16-18-19-20-21-22-23-24-26-29-32-35-38-45(50)51-41(36-33-30-27-15-12-9-6-3)39-44(49)46-42(40-47)43(48)37-34-31-28-25-17-14-11-8-5-2/h7,10,16,18,20-21,23-24,41-43,47-48H,4-6,8-9,11-15,17,19,22,25-40H2,1-3H3,(H,46,49)/b10-7+,18-16+,21-20+,24-23+. The number of aliphatic hydroxyl groups excluding tert-OH is 2. The SMILES string of the molecule is CC/C=C/C/C=C/C/C=C/C/C=C/CCCCCC(=O)OC(CCCCCCCCC)CC(=O)NC(CO)C(O)CCCCCCCCCCC. The second kappa shape index (κ2) is 39.0. The zero-order valence-corrected chi connectivity index (χ0v) is 33.5. The highest BCUT2D eigenvalue weighted by atomic mass is 16.5. The molecule has 0 bridgehead atoms. The van der Waals surface area contributed by atoms with E-state index in [1.54, 1.807) is 0 Å². The monoisotopic (exact) mass is 716 g/mol. The van der Waals surface area contributed by atoms with Crippen molar-refractivity contribution in [3.63, 3.8) is 0 Å². The molecule has 6 nitrogen and oxygen atoms in total. The summed E-state index contributed by atoms with van der Waals surface area (Å²) in [5.74, 6) is -0.519. The summed E-state index contributed by atoms with van der Waals surface area (Å²) in [6, 6.07) is -0.702. The van der Waals surface area contributed by atoms with E-state index in [1.807, 2.05) is 0 Å². The molecule has 296 valence electrons. The van der Waals surface area contributed by atoms with Crippen molar-refractivity contribution in [3.05, 3.63) is 48.6 Å². The predicted molar refractivity (Wildman–Crippen MR) is 218 cm³/mol. The summed E-state index contributed by atoms with van der Waals surface area (Å²) in [5.41, 5.74) is 0. The lowest BCUT2D eigenvalue weighted by Gasteiger charge is -2.24. The molecule has 0 aromatic rings. The summed E-state index contributed by atoms with van der Waals surface area (Å²) in [4.78, 5) is 25.8. The quantitative estimate of drug-likeness (QED) is 0.0338. The van der Waals surface area contributed by atoms with Crippen LogP contribution in [0.2, 0.25) is 0 Å². The highest BCUT2D eigenvalue weighted by Crippen LogP contribution is 2.17. The van der Waals surface area contributed by atoms with E-state index >= 15 is 0 Å². The first-order valence-corrected chi connectivity index (χ1v) is 21.4. The smallest absolute Gasteiger partial charge is 0.306 e. The molecule has 0 aliphatic rings. The van der Waals surface area contributed by atoms with E-state index in [2.05, 4.69) is 74.7 Å². The van der Waals surface area contributed by atoms with Crippen molar-refractivity contribution in [2.24, 2.45) is 0 Å². The summed E-state index contributed by atoms with van der Waals surface area (Å²) in [6.45, 7) is 6.28. The molecule has 0 radical (unpaired) electrons. The van der Waals surface area contributed by atoms with Crippen molar-refractivity contribution < 1.29 is 24.5 Å². The van der Waals surface area contributed by atoms with Crippen LogP contribution >= 0.6 is 0 Å². The molecule has 0 aromatic carbocycles. The van der Waals surface area contributed by atoms with E-state index in [9.17, 15) is 19.8 Å². The van der Waals surface area contributed by atoms with E-state index in [0.29, 0.717) is 19.3 Å². The van der Waals surface area contributed by atoms with Gasteiger partial charge in [-0.2, -0.15) is 0 Å². The van der Waals surface area contributed by atoms with Crippen LogP contribution in [0.25, 0.3) is 0 Å². The number of ether oxygens (including phenoxy) is 1. The number of esters is 1. The van der Waals surface area contributed by atoms with Crippen molar-refractivity contribution in [2.45, 2.75) is 219 Å². The molecule has 3 unspecified atom stereocenters. The van der Waals surface area contributed by atoms with Crippen LogP contribution in [0.15, 0.2) is 48.6 Å². The van der Waals surface area contributed by atoms with Gasteiger partial charge in [-0.3, -0.25) is 9.59 Å². The van der Waals surface area contributed by atoms with Gasteiger partial charge in [-0.05, 0) is 64.2 Å². The van der Waals surface area contributed by atoms with Crippen LogP contribution in [0.1, 0.15) is 201 Å². The first-order valence-electron chi connectivity index (χ1n) is 21.4. The van der Waals surface area contributed by atoms with E-state index < -0.39 is 18.2 Å².